The summed E-state index contributed by atoms with van der Waals surface area (Å²) in [5.41, 5.74) is 1.11. The molecule has 0 saturated heterocycles. The van der Waals surface area contributed by atoms with Crippen molar-refractivity contribution < 1.29 is 14.3 Å². The van der Waals surface area contributed by atoms with Crippen LogP contribution in [0, 0.1) is 0 Å². The number of carbonyl (C=O) groups excluding carboxylic acids is 1. The third-order valence-electron chi connectivity index (χ3n) is 3.32. The number of carbonyl (C=O) groups is 1. The summed E-state index contributed by atoms with van der Waals surface area (Å²) in [5.74, 6) is 0.429. The highest BCUT2D eigenvalue weighted by atomic mass is 16.6. The van der Waals surface area contributed by atoms with Crippen molar-refractivity contribution in [2.75, 3.05) is 24.6 Å². The fraction of sp³-hybridized carbons (Fsp3) is 0.588. The molecule has 0 aliphatic carbocycles. The maximum atomic E-state index is 11.9. The summed E-state index contributed by atoms with van der Waals surface area (Å²) in [7, 11) is 0. The molecule has 4 heteroatoms. The van der Waals surface area contributed by atoms with Crippen LogP contribution >= 0.6 is 0 Å². The molecule has 0 fully saturated rings. The van der Waals surface area contributed by atoms with Crippen LogP contribution in [0.4, 0.5) is 5.69 Å². The van der Waals surface area contributed by atoms with Crippen LogP contribution in [0.15, 0.2) is 24.3 Å². The highest BCUT2D eigenvalue weighted by Gasteiger charge is 2.21. The average Bonchev–Trinajstić information content (AvgIpc) is 2.49. The molecule has 0 heterocycles. The Balaban J connectivity index is 2.83. The molecule has 1 rings (SSSR count). The minimum absolute atomic E-state index is 0.285. The van der Waals surface area contributed by atoms with Crippen molar-refractivity contribution in [3.63, 3.8) is 0 Å². The number of anilines is 1. The van der Waals surface area contributed by atoms with E-state index in [1.807, 2.05) is 32.0 Å². The second kappa shape index (κ2) is 9.27. The molecule has 4 nitrogen and oxygen atoms in total. The van der Waals surface area contributed by atoms with Crippen LogP contribution < -0.4 is 9.64 Å². The van der Waals surface area contributed by atoms with Crippen LogP contribution in [-0.4, -0.2) is 31.8 Å². The van der Waals surface area contributed by atoms with Crippen LogP contribution in [-0.2, 0) is 9.53 Å². The Morgan fingerprint density at radius 2 is 1.90 bits per heavy atom. The molecule has 0 amide bonds. The summed E-state index contributed by atoms with van der Waals surface area (Å²) in [6, 6.07) is 7.87. The molecule has 0 aliphatic heterocycles. The van der Waals surface area contributed by atoms with Crippen molar-refractivity contribution in [2.45, 2.75) is 46.6 Å². The van der Waals surface area contributed by atoms with Crippen molar-refractivity contribution in [3.8, 4) is 5.75 Å². The number of benzene rings is 1. The fourth-order valence-corrected chi connectivity index (χ4v) is 2.23. The lowest BCUT2D eigenvalue weighted by molar-refractivity contribution is -0.151. The van der Waals surface area contributed by atoms with E-state index in [1.165, 1.54) is 0 Å². The molecular weight excluding hydrogens is 266 g/mol. The maximum Gasteiger partial charge on any atom is 0.347 e. The van der Waals surface area contributed by atoms with Crippen molar-refractivity contribution in [1.82, 2.24) is 0 Å². The quantitative estimate of drug-likeness (QED) is 0.652. The Morgan fingerprint density at radius 1 is 1.19 bits per heavy atom. The minimum atomic E-state index is -0.526. The number of hydrogen-bond acceptors (Lipinski definition) is 4. The molecule has 0 radical (unpaired) electrons. The van der Waals surface area contributed by atoms with Gasteiger partial charge >= 0.3 is 5.97 Å². The van der Waals surface area contributed by atoms with Crippen molar-refractivity contribution in [3.05, 3.63) is 24.3 Å². The van der Waals surface area contributed by atoms with Crippen LogP contribution in [0.1, 0.15) is 40.5 Å². The Labute approximate surface area is 128 Å². The largest absolute Gasteiger partial charge is 0.479 e. The van der Waals surface area contributed by atoms with E-state index >= 15 is 0 Å². The zero-order valence-corrected chi connectivity index (χ0v) is 13.6. The van der Waals surface area contributed by atoms with Gasteiger partial charge in [-0.15, -0.1) is 0 Å². The fourth-order valence-electron chi connectivity index (χ4n) is 2.23. The van der Waals surface area contributed by atoms with Crippen molar-refractivity contribution in [2.24, 2.45) is 0 Å². The SMILES string of the molecule is CCCC(Oc1cccc(N(CC)CC)c1)C(=O)OCC. The summed E-state index contributed by atoms with van der Waals surface area (Å²) in [4.78, 5) is 14.2. The second-order valence-electron chi connectivity index (χ2n) is 4.82. The number of ether oxygens (including phenoxy) is 2. The topological polar surface area (TPSA) is 38.8 Å². The van der Waals surface area contributed by atoms with Gasteiger partial charge in [-0.05, 0) is 39.3 Å². The van der Waals surface area contributed by atoms with Gasteiger partial charge in [0.1, 0.15) is 5.75 Å². The molecule has 1 unspecified atom stereocenters. The van der Waals surface area contributed by atoms with Crippen molar-refractivity contribution >= 4 is 11.7 Å². The van der Waals surface area contributed by atoms with E-state index in [1.54, 1.807) is 0 Å². The van der Waals surface area contributed by atoms with E-state index in [0.717, 1.165) is 25.2 Å². The number of hydrogen-bond donors (Lipinski definition) is 0. The molecule has 0 aliphatic rings. The van der Waals surface area contributed by atoms with Gasteiger partial charge in [0.15, 0.2) is 6.10 Å². The Kier molecular flexibility index (Phi) is 7.65. The van der Waals surface area contributed by atoms with Crippen molar-refractivity contribution in [1.29, 1.82) is 0 Å². The minimum Gasteiger partial charge on any atom is -0.479 e. The van der Waals surface area contributed by atoms with E-state index in [4.69, 9.17) is 9.47 Å². The summed E-state index contributed by atoms with van der Waals surface area (Å²) in [6.07, 6.45) is 1.01. The molecule has 0 saturated carbocycles. The van der Waals surface area contributed by atoms with E-state index in [-0.39, 0.29) is 5.97 Å². The molecular formula is C17H27NO3. The van der Waals surface area contributed by atoms with Gasteiger partial charge in [0.2, 0.25) is 0 Å². The molecule has 1 atom stereocenters. The van der Waals surface area contributed by atoms with Gasteiger partial charge in [0.05, 0.1) is 6.61 Å². The second-order valence-corrected chi connectivity index (χ2v) is 4.82. The smallest absolute Gasteiger partial charge is 0.347 e. The Bertz CT molecular complexity index is 430. The number of rotatable bonds is 9. The first-order valence-electron chi connectivity index (χ1n) is 7.84. The van der Waals surface area contributed by atoms with Gasteiger partial charge in [-0.25, -0.2) is 4.79 Å². The highest BCUT2D eigenvalue weighted by molar-refractivity contribution is 5.75. The monoisotopic (exact) mass is 293 g/mol. The normalized spacial score (nSPS) is 11.8. The summed E-state index contributed by atoms with van der Waals surface area (Å²) in [6.45, 7) is 10.3. The van der Waals surface area contributed by atoms with Gasteiger partial charge < -0.3 is 14.4 Å². The van der Waals surface area contributed by atoms with Crippen LogP contribution in [0.5, 0.6) is 5.75 Å². The standard InChI is InChI=1S/C17H27NO3/c1-5-10-16(17(19)20-8-4)21-15-12-9-11-14(13-15)18(6-2)7-3/h9,11-13,16H,5-8,10H2,1-4H3. The van der Waals surface area contributed by atoms with Gasteiger partial charge in [0.25, 0.3) is 0 Å². The van der Waals surface area contributed by atoms with E-state index in [9.17, 15) is 4.79 Å². The lowest BCUT2D eigenvalue weighted by Crippen LogP contribution is -2.29. The molecule has 118 valence electrons. The molecule has 21 heavy (non-hydrogen) atoms. The molecule has 0 spiro atoms. The third kappa shape index (κ3) is 5.29. The van der Waals surface area contributed by atoms with E-state index in [0.29, 0.717) is 18.8 Å². The van der Waals surface area contributed by atoms with Gasteiger partial charge in [-0.3, -0.25) is 0 Å². The van der Waals surface area contributed by atoms with Crippen LogP contribution in [0.25, 0.3) is 0 Å². The van der Waals surface area contributed by atoms with Gasteiger partial charge in [-0.1, -0.05) is 19.4 Å². The van der Waals surface area contributed by atoms with Gasteiger partial charge in [-0.2, -0.15) is 0 Å². The highest BCUT2D eigenvalue weighted by Crippen LogP contribution is 2.23. The number of esters is 1. The lowest BCUT2D eigenvalue weighted by Gasteiger charge is -2.22. The summed E-state index contributed by atoms with van der Waals surface area (Å²) in [5, 5.41) is 0. The van der Waals surface area contributed by atoms with E-state index < -0.39 is 6.10 Å². The first-order chi connectivity index (χ1) is 10.2. The molecule has 0 aromatic heterocycles. The number of nitrogens with zero attached hydrogens (tertiary/aromatic N) is 1. The predicted octanol–water partition coefficient (Wildman–Crippen LogP) is 3.64. The van der Waals surface area contributed by atoms with Gasteiger partial charge in [0, 0.05) is 24.8 Å². The zero-order chi connectivity index (χ0) is 15.7. The third-order valence-corrected chi connectivity index (χ3v) is 3.32. The average molecular weight is 293 g/mol. The van der Waals surface area contributed by atoms with Crippen LogP contribution in [0.3, 0.4) is 0 Å². The molecule has 0 bridgehead atoms. The summed E-state index contributed by atoms with van der Waals surface area (Å²) < 4.78 is 10.9. The molecule has 1 aromatic rings. The zero-order valence-electron chi connectivity index (χ0n) is 13.6. The first kappa shape index (κ1) is 17.3. The Morgan fingerprint density at radius 3 is 2.48 bits per heavy atom. The molecule has 0 N–H and O–H groups in total. The molecule has 1 aromatic carbocycles. The first-order valence-corrected chi connectivity index (χ1v) is 7.84. The predicted molar refractivity (Wildman–Crippen MR) is 86.0 cm³/mol. The summed E-state index contributed by atoms with van der Waals surface area (Å²) >= 11 is 0. The lowest BCUT2D eigenvalue weighted by atomic mass is 10.2. The Hall–Kier alpha value is -1.71. The van der Waals surface area contributed by atoms with E-state index in [2.05, 4.69) is 24.8 Å². The maximum absolute atomic E-state index is 11.9. The van der Waals surface area contributed by atoms with Crippen LogP contribution in [0.2, 0.25) is 0 Å².